The summed E-state index contributed by atoms with van der Waals surface area (Å²) < 4.78 is 39.3. The topological polar surface area (TPSA) is 71.0 Å². The van der Waals surface area contributed by atoms with Crippen LogP contribution in [0.4, 0.5) is 8.78 Å². The summed E-state index contributed by atoms with van der Waals surface area (Å²) in [6.07, 6.45) is 5.01. The number of methoxy groups -OCH3 is 1. The third kappa shape index (κ3) is 10.4. The number of unbranched alkanes of at least 4 members (excludes halogenated alkanes) is 1. The van der Waals surface area contributed by atoms with Crippen LogP contribution in [0.5, 0.6) is 5.75 Å². The molecule has 2 heterocycles. The van der Waals surface area contributed by atoms with Gasteiger partial charge in [0.25, 0.3) is 5.91 Å². The van der Waals surface area contributed by atoms with Gasteiger partial charge in [0.15, 0.2) is 11.6 Å². The average molecular weight is 603 g/mol. The lowest BCUT2D eigenvalue weighted by Crippen LogP contribution is -2.48. The fraction of sp³-hybridized carbons (Fsp3) is 0.536. The standard InChI is InChI=1S/C15H22FNOS.C13H15ClFNO3S/c1-18-12-13-10-17(11-13)8-2-3-9-19-15-6-4-14(16)5-7-15;1-13(4-2-3-5-19-13)12(18)16-20-8-6-9(14)11(17)10(15)7-8/h4-7,13H,2-3,8-12H2,1H3;6-7,17H,2-5H2,1H3,(H,16,18). The number of amides is 1. The number of nitrogens with one attached hydrogen (secondary N) is 1. The van der Waals surface area contributed by atoms with E-state index in [4.69, 9.17) is 21.1 Å². The van der Waals surface area contributed by atoms with Gasteiger partial charge in [-0.3, -0.25) is 9.52 Å². The smallest absolute Gasteiger partial charge is 0.262 e. The molecular weight excluding hydrogens is 566 g/mol. The molecule has 2 saturated heterocycles. The second kappa shape index (κ2) is 16.0. The average Bonchev–Trinajstić information content (AvgIpc) is 2.90. The van der Waals surface area contributed by atoms with Crippen LogP contribution in [-0.2, 0) is 14.3 Å². The Bertz CT molecular complexity index is 1030. The number of hydrogen-bond acceptors (Lipinski definition) is 7. The normalized spacial score (nSPS) is 19.6. The molecule has 1 unspecified atom stereocenters. The zero-order chi connectivity index (χ0) is 28.3. The van der Waals surface area contributed by atoms with Gasteiger partial charge in [-0.05, 0) is 99.7 Å². The Morgan fingerprint density at radius 1 is 1.21 bits per heavy atom. The van der Waals surface area contributed by atoms with Crippen LogP contribution in [-0.4, -0.2) is 67.2 Å². The molecule has 0 aromatic heterocycles. The van der Waals surface area contributed by atoms with Crippen molar-refractivity contribution in [3.05, 3.63) is 53.1 Å². The second-order valence-electron chi connectivity index (χ2n) is 9.90. The lowest BCUT2D eigenvalue weighted by Gasteiger charge is -2.38. The summed E-state index contributed by atoms with van der Waals surface area (Å²) in [5, 5.41) is 9.13. The Morgan fingerprint density at radius 3 is 2.59 bits per heavy atom. The van der Waals surface area contributed by atoms with Gasteiger partial charge in [-0.1, -0.05) is 11.6 Å². The number of ether oxygens (including phenoxy) is 2. The van der Waals surface area contributed by atoms with Crippen LogP contribution in [0.3, 0.4) is 0 Å². The van der Waals surface area contributed by atoms with E-state index >= 15 is 0 Å². The molecule has 2 aliphatic heterocycles. The number of thioether (sulfide) groups is 1. The van der Waals surface area contributed by atoms with E-state index in [1.807, 2.05) is 23.9 Å². The van der Waals surface area contributed by atoms with Crippen molar-refractivity contribution < 1.29 is 28.2 Å². The summed E-state index contributed by atoms with van der Waals surface area (Å²) in [6, 6.07) is 9.25. The maximum atomic E-state index is 13.3. The van der Waals surface area contributed by atoms with Crippen LogP contribution in [0.15, 0.2) is 46.2 Å². The summed E-state index contributed by atoms with van der Waals surface area (Å²) in [7, 11) is 1.77. The summed E-state index contributed by atoms with van der Waals surface area (Å²) in [4.78, 5) is 16.1. The predicted octanol–water partition coefficient (Wildman–Crippen LogP) is 6.54. The predicted molar refractivity (Wildman–Crippen MR) is 153 cm³/mol. The number of carbonyl (C=O) groups excluding carboxylic acids is 1. The molecule has 2 aromatic rings. The van der Waals surface area contributed by atoms with Crippen LogP contribution >= 0.6 is 35.3 Å². The first-order valence-electron chi connectivity index (χ1n) is 13.1. The molecule has 2 fully saturated rings. The second-order valence-corrected chi connectivity index (χ2v) is 12.4. The first-order chi connectivity index (χ1) is 18.7. The Morgan fingerprint density at radius 2 is 1.95 bits per heavy atom. The van der Waals surface area contributed by atoms with E-state index in [0.29, 0.717) is 17.9 Å². The van der Waals surface area contributed by atoms with Gasteiger partial charge in [0, 0.05) is 42.5 Å². The van der Waals surface area contributed by atoms with Crippen molar-refractivity contribution in [3.63, 3.8) is 0 Å². The molecule has 6 nitrogen and oxygen atoms in total. The summed E-state index contributed by atoms with van der Waals surface area (Å²) in [5.74, 6) is 0.0264. The molecule has 39 heavy (non-hydrogen) atoms. The molecule has 2 aliphatic rings. The third-order valence-electron chi connectivity index (χ3n) is 6.59. The fourth-order valence-electron chi connectivity index (χ4n) is 4.29. The molecule has 0 bridgehead atoms. The first kappa shape index (κ1) is 32.0. The SMILES string of the molecule is CC1(C(=O)NSc2cc(F)c(O)c(Cl)c2)CCCCO1.COCC1CN(CCCCSc2ccc(F)cc2)C1. The highest BCUT2D eigenvalue weighted by molar-refractivity contribution is 7.99. The van der Waals surface area contributed by atoms with Crippen molar-refractivity contribution in [2.24, 2.45) is 5.92 Å². The zero-order valence-electron chi connectivity index (χ0n) is 22.4. The van der Waals surface area contributed by atoms with Crippen molar-refractivity contribution in [1.82, 2.24) is 9.62 Å². The molecule has 216 valence electrons. The van der Waals surface area contributed by atoms with Gasteiger partial charge in [0.1, 0.15) is 11.4 Å². The lowest BCUT2D eigenvalue weighted by molar-refractivity contribution is -0.148. The quantitative estimate of drug-likeness (QED) is 0.172. The molecule has 2 N–H and O–H groups in total. The van der Waals surface area contributed by atoms with Gasteiger partial charge in [0.05, 0.1) is 11.6 Å². The number of benzene rings is 2. The number of halogens is 3. The van der Waals surface area contributed by atoms with Crippen molar-refractivity contribution in [2.75, 3.05) is 45.7 Å². The third-order valence-corrected chi connectivity index (χ3v) is 8.73. The maximum Gasteiger partial charge on any atom is 0.262 e. The van der Waals surface area contributed by atoms with Gasteiger partial charge in [-0.15, -0.1) is 11.8 Å². The number of nitrogens with zero attached hydrogens (tertiary/aromatic N) is 1. The number of rotatable bonds is 11. The lowest BCUT2D eigenvalue weighted by atomic mass is 9.95. The highest BCUT2D eigenvalue weighted by atomic mass is 35.5. The highest BCUT2D eigenvalue weighted by Crippen LogP contribution is 2.32. The van der Waals surface area contributed by atoms with E-state index in [1.165, 1.54) is 50.7 Å². The fourth-order valence-corrected chi connectivity index (χ4v) is 6.24. The molecule has 11 heteroatoms. The van der Waals surface area contributed by atoms with E-state index in [2.05, 4.69) is 9.62 Å². The van der Waals surface area contributed by atoms with E-state index in [1.54, 1.807) is 14.0 Å². The highest BCUT2D eigenvalue weighted by Gasteiger charge is 2.36. The molecule has 0 spiro atoms. The monoisotopic (exact) mass is 602 g/mol. The van der Waals surface area contributed by atoms with Crippen molar-refractivity contribution in [2.45, 2.75) is 54.4 Å². The van der Waals surface area contributed by atoms with Crippen molar-refractivity contribution >= 4 is 41.2 Å². The minimum absolute atomic E-state index is 0.0955. The maximum absolute atomic E-state index is 13.3. The Kier molecular flexibility index (Phi) is 13.1. The molecule has 1 amide bonds. The Balaban J connectivity index is 0.000000216. The van der Waals surface area contributed by atoms with Crippen LogP contribution in [0.1, 0.15) is 39.0 Å². The van der Waals surface area contributed by atoms with Crippen molar-refractivity contribution in [1.29, 1.82) is 0 Å². The van der Waals surface area contributed by atoms with Crippen LogP contribution in [0.25, 0.3) is 0 Å². The number of likely N-dealkylation sites (tertiary alicyclic amines) is 1. The molecule has 0 aliphatic carbocycles. The van der Waals surface area contributed by atoms with E-state index < -0.39 is 17.2 Å². The number of carbonyl (C=O) groups is 1. The van der Waals surface area contributed by atoms with Gasteiger partial charge >= 0.3 is 0 Å². The van der Waals surface area contributed by atoms with Gasteiger partial charge in [-0.2, -0.15) is 0 Å². The molecule has 0 radical (unpaired) electrons. The number of hydrogen-bond donors (Lipinski definition) is 2. The van der Waals surface area contributed by atoms with Crippen LogP contribution in [0, 0.1) is 17.6 Å². The van der Waals surface area contributed by atoms with Gasteiger partial charge in [0.2, 0.25) is 0 Å². The largest absolute Gasteiger partial charge is 0.504 e. The van der Waals surface area contributed by atoms with Gasteiger partial charge < -0.3 is 19.5 Å². The number of phenols is 1. The number of aromatic hydroxyl groups is 1. The summed E-state index contributed by atoms with van der Waals surface area (Å²) in [5.41, 5.74) is -0.843. The summed E-state index contributed by atoms with van der Waals surface area (Å²) in [6.45, 7) is 6.79. The molecule has 0 saturated carbocycles. The van der Waals surface area contributed by atoms with E-state index in [9.17, 15) is 18.7 Å². The van der Waals surface area contributed by atoms with Crippen LogP contribution in [0.2, 0.25) is 5.02 Å². The summed E-state index contributed by atoms with van der Waals surface area (Å²) >= 11 is 8.42. The first-order valence-corrected chi connectivity index (χ1v) is 15.3. The zero-order valence-corrected chi connectivity index (χ0v) is 24.8. The molecule has 4 rings (SSSR count). The van der Waals surface area contributed by atoms with E-state index in [-0.39, 0.29) is 16.7 Å². The van der Waals surface area contributed by atoms with Crippen LogP contribution < -0.4 is 4.72 Å². The molecule has 1 atom stereocenters. The Hall–Kier alpha value is -1.56. The minimum atomic E-state index is -0.843. The van der Waals surface area contributed by atoms with E-state index in [0.717, 1.165) is 54.0 Å². The minimum Gasteiger partial charge on any atom is -0.504 e. The Labute approximate surface area is 243 Å². The van der Waals surface area contributed by atoms with Crippen molar-refractivity contribution in [3.8, 4) is 5.75 Å². The molecule has 2 aromatic carbocycles. The molecular formula is C28H37ClF2N2O4S2. The van der Waals surface area contributed by atoms with Gasteiger partial charge in [-0.25, -0.2) is 8.78 Å². The number of phenolic OH excluding ortho intramolecular Hbond substituents is 1.